The van der Waals surface area contributed by atoms with Crippen molar-refractivity contribution in [1.82, 2.24) is 15.5 Å². The van der Waals surface area contributed by atoms with Gasteiger partial charge in [0.15, 0.2) is 0 Å². The number of amides is 3. The monoisotopic (exact) mass is 495 g/mol. The first-order valence-electron chi connectivity index (χ1n) is 14.1. The lowest BCUT2D eigenvalue weighted by molar-refractivity contribution is -0.136. The number of rotatable bonds is 7. The standard InChI is InChI=1S/C29H41N3O4/c1-18(2)36-23-10-8-22(9-11-23)30-25-6-4-3-5-20(25)15-19-7-12-24-21(16-19)17-32(29(24)35)26-13-14-27(33)31-28(26)34/h7,12,16,18,20,22-23,25-26,30H,3-6,8-11,13-15,17H2,1-2H3,(H,31,33,34)/t20-,22?,23?,25+,26?/m1/s1. The van der Waals surface area contributed by atoms with E-state index in [1.54, 1.807) is 4.90 Å². The first-order valence-corrected chi connectivity index (χ1v) is 14.1. The lowest BCUT2D eigenvalue weighted by Gasteiger charge is -2.38. The van der Waals surface area contributed by atoms with Crippen LogP contribution in [0.25, 0.3) is 0 Å². The van der Waals surface area contributed by atoms with Crippen LogP contribution in [-0.2, 0) is 27.3 Å². The molecular formula is C29H41N3O4. The third-order valence-corrected chi connectivity index (χ3v) is 8.58. The van der Waals surface area contributed by atoms with Gasteiger partial charge in [-0.1, -0.05) is 25.0 Å². The van der Waals surface area contributed by atoms with Crippen molar-refractivity contribution >= 4 is 17.7 Å². The molecular weight excluding hydrogens is 454 g/mol. The molecule has 1 unspecified atom stereocenters. The van der Waals surface area contributed by atoms with Crippen LogP contribution in [0.2, 0.25) is 0 Å². The average Bonchev–Trinajstić information content (AvgIpc) is 3.16. The molecule has 2 N–H and O–H groups in total. The minimum atomic E-state index is -0.556. The molecule has 3 amide bonds. The number of fused-ring (bicyclic) bond motifs is 1. The number of ether oxygens (including phenoxy) is 1. The highest BCUT2D eigenvalue weighted by molar-refractivity contribution is 6.05. The first kappa shape index (κ1) is 25.4. The smallest absolute Gasteiger partial charge is 0.255 e. The Morgan fingerprint density at radius 1 is 1.03 bits per heavy atom. The number of hydrogen-bond donors (Lipinski definition) is 2. The summed E-state index contributed by atoms with van der Waals surface area (Å²) in [6.45, 7) is 4.69. The normalized spacial score (nSPS) is 31.0. The number of hydrogen-bond acceptors (Lipinski definition) is 5. The summed E-state index contributed by atoms with van der Waals surface area (Å²) < 4.78 is 6.04. The van der Waals surface area contributed by atoms with Crippen LogP contribution in [0.5, 0.6) is 0 Å². The molecule has 0 bridgehead atoms. The van der Waals surface area contributed by atoms with Crippen LogP contribution in [-0.4, -0.2) is 53.0 Å². The molecule has 2 saturated carbocycles. The zero-order valence-electron chi connectivity index (χ0n) is 21.8. The third-order valence-electron chi connectivity index (χ3n) is 8.58. The largest absolute Gasteiger partial charge is 0.376 e. The Bertz CT molecular complexity index is 985. The first-order chi connectivity index (χ1) is 17.4. The predicted molar refractivity (Wildman–Crippen MR) is 137 cm³/mol. The second-order valence-corrected chi connectivity index (χ2v) is 11.6. The molecule has 7 nitrogen and oxygen atoms in total. The molecule has 0 aromatic heterocycles. The van der Waals surface area contributed by atoms with Crippen LogP contribution in [0.1, 0.15) is 99.5 Å². The summed E-state index contributed by atoms with van der Waals surface area (Å²) in [5, 5.41) is 6.41. The van der Waals surface area contributed by atoms with E-state index < -0.39 is 6.04 Å². The van der Waals surface area contributed by atoms with Gasteiger partial charge in [-0.15, -0.1) is 0 Å². The Kier molecular flexibility index (Phi) is 7.77. The molecule has 1 saturated heterocycles. The van der Waals surface area contributed by atoms with E-state index in [4.69, 9.17) is 4.74 Å². The molecule has 0 radical (unpaired) electrons. The Balaban J connectivity index is 1.20. The lowest BCUT2D eigenvalue weighted by atomic mass is 9.79. The number of nitrogens with zero attached hydrogens (tertiary/aromatic N) is 1. The van der Waals surface area contributed by atoms with Crippen molar-refractivity contribution in [3.63, 3.8) is 0 Å². The van der Waals surface area contributed by atoms with E-state index in [1.165, 1.54) is 44.1 Å². The maximum absolute atomic E-state index is 13.0. The number of benzene rings is 1. The van der Waals surface area contributed by atoms with E-state index in [1.807, 2.05) is 6.07 Å². The minimum absolute atomic E-state index is 0.0969. The number of imide groups is 1. The van der Waals surface area contributed by atoms with E-state index in [0.29, 0.717) is 48.7 Å². The average molecular weight is 496 g/mol. The number of carbonyl (C=O) groups excluding carboxylic acids is 3. The maximum Gasteiger partial charge on any atom is 0.255 e. The highest BCUT2D eigenvalue weighted by Gasteiger charge is 2.39. The van der Waals surface area contributed by atoms with Crippen LogP contribution < -0.4 is 10.6 Å². The van der Waals surface area contributed by atoms with Gasteiger partial charge < -0.3 is 15.0 Å². The van der Waals surface area contributed by atoms with Gasteiger partial charge in [0.05, 0.1) is 12.2 Å². The molecule has 4 aliphatic rings. The zero-order valence-corrected chi connectivity index (χ0v) is 21.8. The molecule has 1 aromatic rings. The number of piperidine rings is 1. The van der Waals surface area contributed by atoms with Crippen molar-refractivity contribution in [3.05, 3.63) is 34.9 Å². The molecule has 3 atom stereocenters. The van der Waals surface area contributed by atoms with Crippen LogP contribution in [0.3, 0.4) is 0 Å². The molecule has 5 rings (SSSR count). The van der Waals surface area contributed by atoms with Crippen molar-refractivity contribution in [2.24, 2.45) is 5.92 Å². The molecule has 1 aromatic carbocycles. The molecule has 3 fully saturated rings. The predicted octanol–water partition coefficient (Wildman–Crippen LogP) is 3.87. The minimum Gasteiger partial charge on any atom is -0.376 e. The van der Waals surface area contributed by atoms with E-state index in [0.717, 1.165) is 24.8 Å². The Hall–Kier alpha value is -2.25. The van der Waals surface area contributed by atoms with Gasteiger partial charge in [0, 0.05) is 30.6 Å². The Morgan fingerprint density at radius 3 is 2.56 bits per heavy atom. The van der Waals surface area contributed by atoms with Gasteiger partial charge >= 0.3 is 0 Å². The van der Waals surface area contributed by atoms with Gasteiger partial charge in [0.25, 0.3) is 5.91 Å². The van der Waals surface area contributed by atoms with Crippen LogP contribution in [0.4, 0.5) is 0 Å². The van der Waals surface area contributed by atoms with E-state index in [2.05, 4.69) is 36.6 Å². The van der Waals surface area contributed by atoms with Crippen molar-refractivity contribution < 1.29 is 19.1 Å². The lowest BCUT2D eigenvalue weighted by Crippen LogP contribution is -2.52. The Morgan fingerprint density at radius 2 is 1.81 bits per heavy atom. The van der Waals surface area contributed by atoms with E-state index >= 15 is 0 Å². The molecule has 2 heterocycles. The van der Waals surface area contributed by atoms with Crippen molar-refractivity contribution in [1.29, 1.82) is 0 Å². The van der Waals surface area contributed by atoms with Gasteiger partial charge in [0.2, 0.25) is 11.8 Å². The second kappa shape index (κ2) is 11.0. The fourth-order valence-corrected chi connectivity index (χ4v) is 6.78. The van der Waals surface area contributed by atoms with Crippen molar-refractivity contribution in [2.75, 3.05) is 0 Å². The van der Waals surface area contributed by atoms with E-state index in [9.17, 15) is 14.4 Å². The van der Waals surface area contributed by atoms with E-state index in [-0.39, 0.29) is 24.1 Å². The van der Waals surface area contributed by atoms with Crippen LogP contribution in [0, 0.1) is 5.92 Å². The summed E-state index contributed by atoms with van der Waals surface area (Å²) in [7, 11) is 0. The van der Waals surface area contributed by atoms with Crippen molar-refractivity contribution in [3.8, 4) is 0 Å². The SMILES string of the molecule is CC(C)OC1CCC(N[C@H]2CCCC[C@@H]2Cc2ccc3c(c2)CN(C2CCC(=O)NC2=O)C3=O)CC1. The molecule has 0 spiro atoms. The summed E-state index contributed by atoms with van der Waals surface area (Å²) in [5.41, 5.74) is 2.98. The molecule has 36 heavy (non-hydrogen) atoms. The van der Waals surface area contributed by atoms with Crippen LogP contribution >= 0.6 is 0 Å². The van der Waals surface area contributed by atoms with Crippen LogP contribution in [0.15, 0.2) is 18.2 Å². The van der Waals surface area contributed by atoms with Gasteiger partial charge in [-0.25, -0.2) is 0 Å². The van der Waals surface area contributed by atoms with Crippen molar-refractivity contribution in [2.45, 2.75) is 121 Å². The zero-order chi connectivity index (χ0) is 25.2. The van der Waals surface area contributed by atoms with Gasteiger partial charge in [-0.3, -0.25) is 19.7 Å². The Labute approximate surface area is 214 Å². The topological polar surface area (TPSA) is 87.7 Å². The summed E-state index contributed by atoms with van der Waals surface area (Å²) in [6.07, 6.45) is 12.2. The molecule has 2 aliphatic carbocycles. The number of carbonyl (C=O) groups is 3. The number of nitrogens with one attached hydrogen (secondary N) is 2. The third kappa shape index (κ3) is 5.67. The summed E-state index contributed by atoms with van der Waals surface area (Å²) in [6, 6.07) is 6.80. The highest BCUT2D eigenvalue weighted by atomic mass is 16.5. The maximum atomic E-state index is 13.0. The molecule has 2 aliphatic heterocycles. The summed E-state index contributed by atoms with van der Waals surface area (Å²) >= 11 is 0. The molecule has 7 heteroatoms. The molecule has 196 valence electrons. The quantitative estimate of drug-likeness (QED) is 0.561. The van der Waals surface area contributed by atoms with Gasteiger partial charge in [0.1, 0.15) is 6.04 Å². The van der Waals surface area contributed by atoms with Gasteiger partial charge in [-0.05, 0) is 88.3 Å². The fraction of sp³-hybridized carbons (Fsp3) is 0.690. The highest BCUT2D eigenvalue weighted by Crippen LogP contribution is 2.33. The fourth-order valence-electron chi connectivity index (χ4n) is 6.78. The second-order valence-electron chi connectivity index (χ2n) is 11.6. The summed E-state index contributed by atoms with van der Waals surface area (Å²) in [5.74, 6) is -0.103. The van der Waals surface area contributed by atoms with Gasteiger partial charge in [-0.2, -0.15) is 0 Å². The summed E-state index contributed by atoms with van der Waals surface area (Å²) in [4.78, 5) is 38.5.